The van der Waals surface area contributed by atoms with Gasteiger partial charge in [-0.05, 0) is 17.9 Å². The molecule has 0 saturated heterocycles. The number of esters is 1. The summed E-state index contributed by atoms with van der Waals surface area (Å²) in [5, 5.41) is 0. The summed E-state index contributed by atoms with van der Waals surface area (Å²) in [6.07, 6.45) is 0. The van der Waals surface area contributed by atoms with Gasteiger partial charge in [-0.3, -0.25) is 4.79 Å². The number of rotatable bonds is 2. The van der Waals surface area contributed by atoms with Gasteiger partial charge < -0.3 is 4.74 Å². The van der Waals surface area contributed by atoms with E-state index in [0.717, 1.165) is 5.56 Å². The molecule has 0 radical (unpaired) electrons. The average Bonchev–Trinajstić information content (AvgIpc) is 2.26. The van der Waals surface area contributed by atoms with Crippen LogP contribution >= 0.6 is 0 Å². The fourth-order valence-corrected chi connectivity index (χ4v) is 1.83. The van der Waals surface area contributed by atoms with Crippen molar-refractivity contribution >= 4 is 5.97 Å². The van der Waals surface area contributed by atoms with E-state index in [1.165, 1.54) is 7.11 Å². The van der Waals surface area contributed by atoms with E-state index in [0.29, 0.717) is 0 Å². The van der Waals surface area contributed by atoms with Gasteiger partial charge in [0.25, 0.3) is 0 Å². The van der Waals surface area contributed by atoms with E-state index in [1.807, 2.05) is 37.3 Å². The maximum absolute atomic E-state index is 12.1. The van der Waals surface area contributed by atoms with Crippen molar-refractivity contribution in [2.45, 2.75) is 33.1 Å². The molecule has 0 amide bonds. The Balaban J connectivity index is 3.32. The quantitative estimate of drug-likeness (QED) is 0.716. The first-order valence-corrected chi connectivity index (χ1v) is 5.48. The summed E-state index contributed by atoms with van der Waals surface area (Å²) in [7, 11) is 1.44. The Hall–Kier alpha value is -1.31. The molecule has 0 bridgehead atoms. The van der Waals surface area contributed by atoms with Crippen LogP contribution in [0.5, 0.6) is 0 Å². The lowest BCUT2D eigenvalue weighted by molar-refractivity contribution is -0.151. The van der Waals surface area contributed by atoms with Crippen LogP contribution in [0.3, 0.4) is 0 Å². The van der Waals surface area contributed by atoms with Crippen LogP contribution in [0, 0.1) is 5.41 Å². The molecular weight excluding hydrogens is 200 g/mol. The Morgan fingerprint density at radius 1 is 1.06 bits per heavy atom. The summed E-state index contributed by atoms with van der Waals surface area (Å²) in [6, 6.07) is 9.79. The summed E-state index contributed by atoms with van der Waals surface area (Å²) in [6.45, 7) is 8.10. The first kappa shape index (κ1) is 12.8. The zero-order valence-corrected chi connectivity index (χ0v) is 10.7. The van der Waals surface area contributed by atoms with Gasteiger partial charge in [0.1, 0.15) is 0 Å². The summed E-state index contributed by atoms with van der Waals surface area (Å²) in [4.78, 5) is 12.1. The lowest BCUT2D eigenvalue weighted by Crippen LogP contribution is -2.45. The molecule has 88 valence electrons. The highest BCUT2D eigenvalue weighted by Gasteiger charge is 2.46. The number of hydrogen-bond acceptors (Lipinski definition) is 2. The van der Waals surface area contributed by atoms with E-state index in [1.54, 1.807) is 0 Å². The number of ether oxygens (including phenoxy) is 1. The van der Waals surface area contributed by atoms with Gasteiger partial charge in [0.2, 0.25) is 0 Å². The zero-order valence-electron chi connectivity index (χ0n) is 10.7. The smallest absolute Gasteiger partial charge is 0.316 e. The molecule has 2 nitrogen and oxygen atoms in total. The maximum Gasteiger partial charge on any atom is 0.316 e. The van der Waals surface area contributed by atoms with Crippen LogP contribution in [0.2, 0.25) is 0 Å². The minimum Gasteiger partial charge on any atom is -0.468 e. The van der Waals surface area contributed by atoms with Crippen LogP contribution in [-0.2, 0) is 14.9 Å². The average molecular weight is 220 g/mol. The summed E-state index contributed by atoms with van der Waals surface area (Å²) < 4.78 is 4.96. The molecule has 0 saturated carbocycles. The molecule has 1 rings (SSSR count). The third-order valence-electron chi connectivity index (χ3n) is 3.44. The molecule has 0 aromatic heterocycles. The molecule has 0 aliphatic carbocycles. The summed E-state index contributed by atoms with van der Waals surface area (Å²) in [5.41, 5.74) is 0.180. The fraction of sp³-hybridized carbons (Fsp3) is 0.500. The molecule has 0 heterocycles. The van der Waals surface area contributed by atoms with Gasteiger partial charge in [0, 0.05) is 0 Å². The first-order chi connectivity index (χ1) is 7.34. The molecule has 0 N–H and O–H groups in total. The lowest BCUT2D eigenvalue weighted by atomic mass is 9.64. The van der Waals surface area contributed by atoms with Crippen molar-refractivity contribution in [2.75, 3.05) is 7.11 Å². The standard InChI is InChI=1S/C14H20O2/c1-13(2,3)14(4,12(15)16-5)11-9-7-6-8-10-11/h6-10H,1-5H3. The van der Waals surface area contributed by atoms with E-state index in [9.17, 15) is 4.79 Å². The third-order valence-corrected chi connectivity index (χ3v) is 3.44. The molecule has 1 aromatic rings. The van der Waals surface area contributed by atoms with Crippen molar-refractivity contribution in [1.82, 2.24) is 0 Å². The highest BCUT2D eigenvalue weighted by atomic mass is 16.5. The van der Waals surface area contributed by atoms with Gasteiger partial charge in [-0.1, -0.05) is 51.1 Å². The minimum atomic E-state index is -0.622. The monoisotopic (exact) mass is 220 g/mol. The summed E-state index contributed by atoms with van der Waals surface area (Å²) >= 11 is 0. The molecule has 1 aromatic carbocycles. The van der Waals surface area contributed by atoms with E-state index in [-0.39, 0.29) is 11.4 Å². The molecule has 1 atom stereocenters. The molecule has 0 spiro atoms. The molecule has 0 aliphatic rings. The Morgan fingerprint density at radius 2 is 1.56 bits per heavy atom. The first-order valence-electron chi connectivity index (χ1n) is 5.48. The van der Waals surface area contributed by atoms with Crippen LogP contribution in [0.15, 0.2) is 30.3 Å². The van der Waals surface area contributed by atoms with Crippen LogP contribution in [-0.4, -0.2) is 13.1 Å². The lowest BCUT2D eigenvalue weighted by Gasteiger charge is -2.39. The van der Waals surface area contributed by atoms with E-state index >= 15 is 0 Å². The Kier molecular flexibility index (Phi) is 3.41. The molecular formula is C14H20O2. The van der Waals surface area contributed by atoms with Crippen molar-refractivity contribution in [3.8, 4) is 0 Å². The normalized spacial score (nSPS) is 15.3. The van der Waals surface area contributed by atoms with Crippen molar-refractivity contribution < 1.29 is 9.53 Å². The molecule has 2 heteroatoms. The highest BCUT2D eigenvalue weighted by molar-refractivity contribution is 5.83. The predicted octanol–water partition coefficient (Wildman–Crippen LogP) is 3.16. The summed E-state index contributed by atoms with van der Waals surface area (Å²) in [5.74, 6) is -0.189. The number of carbonyl (C=O) groups is 1. The second kappa shape index (κ2) is 4.28. The van der Waals surface area contributed by atoms with Gasteiger partial charge in [0.15, 0.2) is 0 Å². The van der Waals surface area contributed by atoms with Gasteiger partial charge in [-0.15, -0.1) is 0 Å². The number of carbonyl (C=O) groups excluding carboxylic acids is 1. The van der Waals surface area contributed by atoms with Crippen LogP contribution in [0.1, 0.15) is 33.3 Å². The molecule has 0 aliphatic heterocycles. The number of hydrogen-bond donors (Lipinski definition) is 0. The fourth-order valence-electron chi connectivity index (χ4n) is 1.83. The molecule has 16 heavy (non-hydrogen) atoms. The zero-order chi connectivity index (χ0) is 12.4. The second-order valence-corrected chi connectivity index (χ2v) is 5.23. The largest absolute Gasteiger partial charge is 0.468 e. The van der Waals surface area contributed by atoms with Crippen LogP contribution < -0.4 is 0 Å². The van der Waals surface area contributed by atoms with Gasteiger partial charge >= 0.3 is 5.97 Å². The minimum absolute atomic E-state index is 0.189. The predicted molar refractivity (Wildman–Crippen MR) is 65.3 cm³/mol. The van der Waals surface area contributed by atoms with Crippen molar-refractivity contribution in [1.29, 1.82) is 0 Å². The number of methoxy groups -OCH3 is 1. The highest BCUT2D eigenvalue weighted by Crippen LogP contribution is 2.42. The van der Waals surface area contributed by atoms with E-state index < -0.39 is 5.41 Å². The van der Waals surface area contributed by atoms with Gasteiger partial charge in [0.05, 0.1) is 12.5 Å². The Morgan fingerprint density at radius 3 is 1.94 bits per heavy atom. The van der Waals surface area contributed by atoms with E-state index in [4.69, 9.17) is 4.74 Å². The topological polar surface area (TPSA) is 26.3 Å². The Bertz CT molecular complexity index is 362. The SMILES string of the molecule is COC(=O)C(C)(c1ccccc1)C(C)(C)C. The molecule has 1 unspecified atom stereocenters. The Labute approximate surface area is 97.6 Å². The van der Waals surface area contributed by atoms with Crippen LogP contribution in [0.25, 0.3) is 0 Å². The maximum atomic E-state index is 12.1. The van der Waals surface area contributed by atoms with E-state index in [2.05, 4.69) is 20.8 Å². The van der Waals surface area contributed by atoms with Gasteiger partial charge in [-0.2, -0.15) is 0 Å². The van der Waals surface area contributed by atoms with Gasteiger partial charge in [-0.25, -0.2) is 0 Å². The van der Waals surface area contributed by atoms with Crippen molar-refractivity contribution in [3.05, 3.63) is 35.9 Å². The second-order valence-electron chi connectivity index (χ2n) is 5.23. The molecule has 0 fully saturated rings. The number of benzene rings is 1. The van der Waals surface area contributed by atoms with Crippen molar-refractivity contribution in [2.24, 2.45) is 5.41 Å². The van der Waals surface area contributed by atoms with Crippen molar-refractivity contribution in [3.63, 3.8) is 0 Å². The third kappa shape index (κ3) is 1.97. The van der Waals surface area contributed by atoms with Crippen LogP contribution in [0.4, 0.5) is 0 Å².